The molecule has 2 unspecified atom stereocenters. The normalized spacial score (nSPS) is 17.7. The van der Waals surface area contributed by atoms with Crippen LogP contribution in [-0.4, -0.2) is 53.7 Å². The quantitative estimate of drug-likeness (QED) is 0.599. The van der Waals surface area contributed by atoms with Crippen molar-refractivity contribution < 1.29 is 35.6 Å². The Bertz CT molecular complexity index is 1130. The van der Waals surface area contributed by atoms with Crippen molar-refractivity contribution in [3.05, 3.63) is 35.2 Å². The number of alkyl halides is 3. The second-order valence-corrected chi connectivity index (χ2v) is 10.7. The fourth-order valence-corrected chi connectivity index (χ4v) is 4.73. The largest absolute Gasteiger partial charge is 0.481 e. The van der Waals surface area contributed by atoms with Crippen molar-refractivity contribution >= 4 is 15.7 Å². The Morgan fingerprint density at radius 1 is 1.36 bits per heavy atom. The molecule has 1 N–H and O–H groups in total. The van der Waals surface area contributed by atoms with E-state index in [1.165, 1.54) is 20.0 Å². The summed E-state index contributed by atoms with van der Waals surface area (Å²) >= 11 is 0. The molecule has 2 aromatic rings. The lowest BCUT2D eigenvalue weighted by molar-refractivity contribution is -0.189. The Hall–Kier alpha value is -2.70. The van der Waals surface area contributed by atoms with Crippen LogP contribution in [0, 0.1) is 6.92 Å². The summed E-state index contributed by atoms with van der Waals surface area (Å²) in [7, 11) is -3.61. The number of hydrogen-bond donors (Lipinski definition) is 1. The van der Waals surface area contributed by atoms with Crippen LogP contribution in [0.3, 0.4) is 0 Å². The number of nitrogens with one attached hydrogen (secondary N) is 1. The molecule has 13 heteroatoms. The Morgan fingerprint density at radius 3 is 2.52 bits per heavy atom. The number of rotatable bonds is 8. The van der Waals surface area contributed by atoms with E-state index in [0.717, 1.165) is 38.5 Å². The van der Waals surface area contributed by atoms with E-state index in [-0.39, 0.29) is 29.1 Å². The molecule has 1 fully saturated rings. The Kier molecular flexibility index (Phi) is 6.74. The maximum Gasteiger partial charge on any atom is 0.425 e. The second kappa shape index (κ2) is 8.92. The van der Waals surface area contributed by atoms with Crippen molar-refractivity contribution in [3.63, 3.8) is 0 Å². The van der Waals surface area contributed by atoms with Gasteiger partial charge in [-0.1, -0.05) is 11.6 Å². The molecule has 1 amide bonds. The lowest BCUT2D eigenvalue weighted by Crippen LogP contribution is -2.49. The summed E-state index contributed by atoms with van der Waals surface area (Å²) in [5, 5.41) is 6.26. The summed E-state index contributed by atoms with van der Waals surface area (Å²) in [6.07, 6.45) is -1.85. The third-order valence-electron chi connectivity index (χ3n) is 5.40. The van der Waals surface area contributed by atoms with Gasteiger partial charge in [-0.15, -0.1) is 0 Å². The van der Waals surface area contributed by atoms with Gasteiger partial charge in [0.05, 0.1) is 5.75 Å². The van der Waals surface area contributed by atoms with Gasteiger partial charge in [-0.2, -0.15) is 18.2 Å². The van der Waals surface area contributed by atoms with Gasteiger partial charge in [0.15, 0.2) is 11.9 Å². The predicted molar refractivity (Wildman–Crippen MR) is 111 cm³/mol. The van der Waals surface area contributed by atoms with Gasteiger partial charge in [0.1, 0.15) is 26.8 Å². The zero-order valence-electron chi connectivity index (χ0n) is 18.6. The van der Waals surface area contributed by atoms with Crippen LogP contribution in [0.2, 0.25) is 0 Å². The molecule has 0 aromatic carbocycles. The van der Waals surface area contributed by atoms with E-state index in [1.54, 1.807) is 0 Å². The standard InChI is InChI=1S/C20H25F3N4O5S/c1-11(20(21,22)23)31-16-8-15(24-9-14(16)13-6-5-7-13)17(28)26-19(3,10-33(4,29)30)18-25-12(2)32-27-18/h8-9,11,13H,5-7,10H2,1-4H3,(H,26,28). The zero-order chi connectivity index (χ0) is 24.6. The molecule has 0 spiro atoms. The number of hydrogen-bond acceptors (Lipinski definition) is 8. The van der Waals surface area contributed by atoms with Crippen molar-refractivity contribution in [3.8, 4) is 5.75 Å². The van der Waals surface area contributed by atoms with Crippen LogP contribution in [0.25, 0.3) is 0 Å². The van der Waals surface area contributed by atoms with Gasteiger partial charge in [0.2, 0.25) is 5.89 Å². The third kappa shape index (κ3) is 6.01. The molecule has 2 atom stereocenters. The number of ether oxygens (including phenoxy) is 1. The van der Waals surface area contributed by atoms with E-state index in [0.29, 0.717) is 5.56 Å². The first kappa shape index (κ1) is 24.9. The maximum atomic E-state index is 13.1. The van der Waals surface area contributed by atoms with Gasteiger partial charge in [0.25, 0.3) is 5.91 Å². The molecule has 2 heterocycles. The molecule has 182 valence electrons. The number of aromatic nitrogens is 3. The minimum atomic E-state index is -4.59. The zero-order valence-corrected chi connectivity index (χ0v) is 19.4. The smallest absolute Gasteiger partial charge is 0.425 e. The van der Waals surface area contributed by atoms with Gasteiger partial charge in [0, 0.05) is 31.0 Å². The average Bonchev–Trinajstić information content (AvgIpc) is 3.06. The summed E-state index contributed by atoms with van der Waals surface area (Å²) in [5.41, 5.74) is -1.30. The fraction of sp³-hybridized carbons (Fsp3) is 0.600. The van der Waals surface area contributed by atoms with Gasteiger partial charge < -0.3 is 14.6 Å². The lowest BCUT2D eigenvalue weighted by Gasteiger charge is -2.29. The lowest BCUT2D eigenvalue weighted by atomic mass is 9.80. The average molecular weight is 491 g/mol. The minimum Gasteiger partial charge on any atom is -0.481 e. The van der Waals surface area contributed by atoms with E-state index < -0.39 is 39.3 Å². The molecule has 3 rings (SSSR count). The molecule has 1 aliphatic rings. The van der Waals surface area contributed by atoms with Crippen molar-refractivity contribution in [1.82, 2.24) is 20.4 Å². The number of sulfone groups is 1. The Labute approximate surface area is 189 Å². The highest BCUT2D eigenvalue weighted by Gasteiger charge is 2.40. The van der Waals surface area contributed by atoms with Crippen LogP contribution in [0.15, 0.2) is 16.8 Å². The molecule has 1 aliphatic carbocycles. The SMILES string of the molecule is Cc1nc(C(C)(CS(C)(=O)=O)NC(=O)c2cc(OC(C)C(F)(F)F)c(C3CCC3)cn2)no1. The third-order valence-corrected chi connectivity index (χ3v) is 6.50. The number of halogens is 3. The van der Waals surface area contributed by atoms with E-state index >= 15 is 0 Å². The van der Waals surface area contributed by atoms with Gasteiger partial charge in [-0.3, -0.25) is 9.78 Å². The molecule has 2 aromatic heterocycles. The number of aryl methyl sites for hydroxylation is 1. The number of pyridine rings is 1. The molecular formula is C20H25F3N4O5S. The molecular weight excluding hydrogens is 465 g/mol. The van der Waals surface area contributed by atoms with E-state index in [9.17, 15) is 26.4 Å². The summed E-state index contributed by atoms with van der Waals surface area (Å²) in [6, 6.07) is 1.15. The van der Waals surface area contributed by atoms with Crippen molar-refractivity contribution in [1.29, 1.82) is 0 Å². The highest BCUT2D eigenvalue weighted by atomic mass is 32.2. The minimum absolute atomic E-state index is 0.00264. The summed E-state index contributed by atoms with van der Waals surface area (Å²) in [6.45, 7) is 3.79. The van der Waals surface area contributed by atoms with Crippen molar-refractivity contribution in [2.45, 2.75) is 63.8 Å². The number of carbonyl (C=O) groups excluding carboxylic acids is 1. The predicted octanol–water partition coefficient (Wildman–Crippen LogP) is 3.06. The first-order valence-electron chi connectivity index (χ1n) is 10.2. The van der Waals surface area contributed by atoms with Crippen LogP contribution < -0.4 is 10.1 Å². The number of carbonyl (C=O) groups is 1. The Balaban J connectivity index is 1.93. The van der Waals surface area contributed by atoms with Crippen molar-refractivity contribution in [2.75, 3.05) is 12.0 Å². The van der Waals surface area contributed by atoms with Crippen LogP contribution in [-0.2, 0) is 15.4 Å². The summed E-state index contributed by atoms with van der Waals surface area (Å²) in [5.74, 6) is -1.34. The molecule has 33 heavy (non-hydrogen) atoms. The highest BCUT2D eigenvalue weighted by molar-refractivity contribution is 7.90. The topological polar surface area (TPSA) is 124 Å². The first-order valence-corrected chi connectivity index (χ1v) is 12.3. The summed E-state index contributed by atoms with van der Waals surface area (Å²) < 4.78 is 73.4. The van der Waals surface area contributed by atoms with Gasteiger partial charge in [-0.25, -0.2) is 8.42 Å². The monoisotopic (exact) mass is 490 g/mol. The van der Waals surface area contributed by atoms with Crippen LogP contribution in [0.4, 0.5) is 13.2 Å². The fourth-order valence-electron chi connectivity index (χ4n) is 3.48. The van der Waals surface area contributed by atoms with Crippen LogP contribution >= 0.6 is 0 Å². The van der Waals surface area contributed by atoms with E-state index in [4.69, 9.17) is 9.26 Å². The van der Waals surface area contributed by atoms with Gasteiger partial charge in [-0.05, 0) is 32.6 Å². The van der Waals surface area contributed by atoms with Gasteiger partial charge >= 0.3 is 6.18 Å². The van der Waals surface area contributed by atoms with Crippen molar-refractivity contribution in [2.24, 2.45) is 0 Å². The number of nitrogens with zero attached hydrogens (tertiary/aromatic N) is 3. The molecule has 0 radical (unpaired) electrons. The highest BCUT2D eigenvalue weighted by Crippen LogP contribution is 2.41. The van der Waals surface area contributed by atoms with Crippen LogP contribution in [0.1, 0.15) is 66.8 Å². The van der Waals surface area contributed by atoms with E-state index in [1.807, 2.05) is 0 Å². The Morgan fingerprint density at radius 2 is 2.03 bits per heavy atom. The molecule has 0 aliphatic heterocycles. The second-order valence-electron chi connectivity index (χ2n) is 8.53. The molecule has 0 saturated heterocycles. The van der Waals surface area contributed by atoms with E-state index in [2.05, 4.69) is 20.4 Å². The summed E-state index contributed by atoms with van der Waals surface area (Å²) in [4.78, 5) is 21.1. The molecule has 9 nitrogen and oxygen atoms in total. The van der Waals surface area contributed by atoms with Crippen LogP contribution in [0.5, 0.6) is 5.75 Å². The molecule has 1 saturated carbocycles. The molecule has 0 bridgehead atoms. The first-order chi connectivity index (χ1) is 15.2. The number of amides is 1. The maximum absolute atomic E-state index is 13.1.